The first-order valence-corrected chi connectivity index (χ1v) is 5.77. The van der Waals surface area contributed by atoms with Gasteiger partial charge in [0, 0.05) is 26.2 Å². The van der Waals surface area contributed by atoms with Crippen LogP contribution in [0.25, 0.3) is 0 Å². The monoisotopic (exact) mass is 218 g/mol. The first kappa shape index (κ1) is 12.9. The molecule has 4 heteroatoms. The van der Waals surface area contributed by atoms with Crippen molar-refractivity contribution in [3.63, 3.8) is 0 Å². The molecular weight excluding hydrogens is 195 g/mol. The molecule has 0 aliphatic carbocycles. The summed E-state index contributed by atoms with van der Waals surface area (Å²) in [5, 5.41) is 0. The molecule has 0 aromatic rings. The quantitative estimate of drug-likeness (QED) is 0.603. The summed E-state index contributed by atoms with van der Waals surface area (Å²) < 4.78 is 17.4. The second kappa shape index (κ2) is 7.14. The highest BCUT2D eigenvalue weighted by Gasteiger charge is 2.14. The maximum atomic E-state index is 12.3. The lowest BCUT2D eigenvalue weighted by Gasteiger charge is -2.23. The molecule has 0 aromatic carbocycles. The van der Waals surface area contributed by atoms with Gasteiger partial charge in [-0.3, -0.25) is 0 Å². The minimum atomic E-state index is -0.522. The number of rotatable bonds is 0. The number of likely N-dealkylation sites (N-methyl/N-ethyl adjacent to an activating group) is 1. The van der Waals surface area contributed by atoms with E-state index in [0.717, 1.165) is 52.2 Å². The topological polar surface area (TPSA) is 15.7 Å². The summed E-state index contributed by atoms with van der Waals surface area (Å²) >= 11 is 0. The summed E-state index contributed by atoms with van der Waals surface area (Å²) in [4.78, 5) is 4.43. The van der Waals surface area contributed by atoms with Crippen LogP contribution in [0.1, 0.15) is 12.8 Å². The lowest BCUT2D eigenvalue weighted by atomic mass is 10.1. The molecule has 0 spiro atoms. The molecule has 0 atom stereocenters. The van der Waals surface area contributed by atoms with Crippen molar-refractivity contribution in [3.05, 3.63) is 0 Å². The summed E-state index contributed by atoms with van der Waals surface area (Å²) in [7, 11) is 4.15. The molecule has 0 bridgehead atoms. The Morgan fingerprint density at radius 1 is 0.933 bits per heavy atom. The molecule has 2 aliphatic heterocycles. The average molecular weight is 218 g/mol. The van der Waals surface area contributed by atoms with E-state index < -0.39 is 6.17 Å². The lowest BCUT2D eigenvalue weighted by Crippen LogP contribution is -2.32. The van der Waals surface area contributed by atoms with Gasteiger partial charge in [-0.25, -0.2) is 4.39 Å². The molecule has 0 unspecified atom stereocenters. The Morgan fingerprint density at radius 3 is 1.73 bits per heavy atom. The largest absolute Gasteiger partial charge is 0.379 e. The number of halogens is 1. The lowest BCUT2D eigenvalue weighted by molar-refractivity contribution is 0.0503. The molecule has 2 heterocycles. The van der Waals surface area contributed by atoms with Crippen LogP contribution < -0.4 is 0 Å². The van der Waals surface area contributed by atoms with Gasteiger partial charge in [0.25, 0.3) is 0 Å². The van der Waals surface area contributed by atoms with E-state index in [4.69, 9.17) is 4.74 Å². The van der Waals surface area contributed by atoms with E-state index in [-0.39, 0.29) is 0 Å². The van der Waals surface area contributed by atoms with E-state index in [2.05, 4.69) is 16.8 Å². The Kier molecular flexibility index (Phi) is 6.13. The van der Waals surface area contributed by atoms with Gasteiger partial charge in [0.2, 0.25) is 0 Å². The normalized spacial score (nSPS) is 25.8. The van der Waals surface area contributed by atoms with Gasteiger partial charge in [0.1, 0.15) is 6.17 Å². The van der Waals surface area contributed by atoms with E-state index in [1.807, 2.05) is 7.05 Å². The first-order valence-electron chi connectivity index (χ1n) is 5.77. The Hall–Kier alpha value is -0.190. The molecule has 0 N–H and O–H groups in total. The fourth-order valence-electron chi connectivity index (χ4n) is 1.63. The van der Waals surface area contributed by atoms with Gasteiger partial charge >= 0.3 is 0 Å². The third-order valence-electron chi connectivity index (χ3n) is 2.88. The SMILES string of the molecule is CN1CCC(F)CC1.CN1CCOCC1. The standard InChI is InChI=1S/C6H12FN.C5H11NO/c1-8-4-2-6(7)3-5-8;1-6-2-4-7-5-3-6/h6H,2-5H2,1H3;2-5H2,1H3. The molecule has 0 radical (unpaired) electrons. The first-order chi connectivity index (χ1) is 7.18. The Balaban J connectivity index is 0.000000151. The fourth-order valence-corrected chi connectivity index (χ4v) is 1.63. The third-order valence-corrected chi connectivity index (χ3v) is 2.88. The van der Waals surface area contributed by atoms with Gasteiger partial charge in [-0.1, -0.05) is 0 Å². The van der Waals surface area contributed by atoms with Crippen molar-refractivity contribution in [2.75, 3.05) is 53.5 Å². The van der Waals surface area contributed by atoms with E-state index >= 15 is 0 Å². The number of hydrogen-bond acceptors (Lipinski definition) is 3. The Labute approximate surface area is 92.2 Å². The van der Waals surface area contributed by atoms with Crippen LogP contribution in [0.5, 0.6) is 0 Å². The summed E-state index contributed by atoms with van der Waals surface area (Å²) in [5.41, 5.74) is 0. The minimum Gasteiger partial charge on any atom is -0.379 e. The number of nitrogens with zero attached hydrogens (tertiary/aromatic N) is 2. The molecule has 0 aromatic heterocycles. The number of alkyl halides is 1. The van der Waals surface area contributed by atoms with Crippen LogP contribution in [0.15, 0.2) is 0 Å². The molecule has 90 valence electrons. The van der Waals surface area contributed by atoms with Crippen molar-refractivity contribution in [1.29, 1.82) is 0 Å². The molecule has 0 amide bonds. The Morgan fingerprint density at radius 2 is 1.40 bits per heavy atom. The molecule has 2 rings (SSSR count). The molecule has 0 saturated carbocycles. The zero-order valence-corrected chi connectivity index (χ0v) is 9.91. The summed E-state index contributed by atoms with van der Waals surface area (Å²) in [6.07, 6.45) is 0.943. The van der Waals surface area contributed by atoms with Crippen LogP contribution in [0.3, 0.4) is 0 Å². The highest BCUT2D eigenvalue weighted by molar-refractivity contribution is 4.67. The highest BCUT2D eigenvalue weighted by atomic mass is 19.1. The van der Waals surface area contributed by atoms with Crippen LogP contribution in [0, 0.1) is 0 Å². The minimum absolute atomic E-state index is 0.522. The molecule has 15 heavy (non-hydrogen) atoms. The van der Waals surface area contributed by atoms with Crippen LogP contribution in [-0.4, -0.2) is 69.5 Å². The van der Waals surface area contributed by atoms with E-state index in [0.29, 0.717) is 0 Å². The van der Waals surface area contributed by atoms with Crippen LogP contribution in [0.4, 0.5) is 4.39 Å². The number of hydrogen-bond donors (Lipinski definition) is 0. The van der Waals surface area contributed by atoms with Crippen molar-refractivity contribution >= 4 is 0 Å². The van der Waals surface area contributed by atoms with Crippen molar-refractivity contribution in [2.45, 2.75) is 19.0 Å². The fraction of sp³-hybridized carbons (Fsp3) is 1.00. The maximum absolute atomic E-state index is 12.3. The van der Waals surface area contributed by atoms with Crippen LogP contribution >= 0.6 is 0 Å². The van der Waals surface area contributed by atoms with Gasteiger partial charge in [-0.2, -0.15) is 0 Å². The van der Waals surface area contributed by atoms with Crippen molar-refractivity contribution in [3.8, 4) is 0 Å². The third kappa shape index (κ3) is 6.07. The van der Waals surface area contributed by atoms with Gasteiger partial charge in [0.15, 0.2) is 0 Å². The zero-order valence-electron chi connectivity index (χ0n) is 9.91. The molecule has 2 fully saturated rings. The van der Waals surface area contributed by atoms with Gasteiger partial charge in [0.05, 0.1) is 13.2 Å². The average Bonchev–Trinajstić information content (AvgIpc) is 2.25. The number of morpholine rings is 1. The van der Waals surface area contributed by atoms with Crippen LogP contribution in [-0.2, 0) is 4.74 Å². The van der Waals surface area contributed by atoms with Crippen molar-refractivity contribution in [1.82, 2.24) is 9.80 Å². The smallest absolute Gasteiger partial charge is 0.103 e. The Bertz CT molecular complexity index is 145. The molecule has 2 aliphatic rings. The maximum Gasteiger partial charge on any atom is 0.103 e. The summed E-state index contributed by atoms with van der Waals surface area (Å²) in [6, 6.07) is 0. The summed E-state index contributed by atoms with van der Waals surface area (Å²) in [6.45, 7) is 5.88. The predicted octanol–water partition coefficient (Wildman–Crippen LogP) is 0.998. The van der Waals surface area contributed by atoms with E-state index in [9.17, 15) is 4.39 Å². The summed E-state index contributed by atoms with van der Waals surface area (Å²) in [5.74, 6) is 0. The van der Waals surface area contributed by atoms with Gasteiger partial charge in [-0.05, 0) is 26.9 Å². The van der Waals surface area contributed by atoms with Crippen LogP contribution in [0.2, 0.25) is 0 Å². The number of ether oxygens (including phenoxy) is 1. The second-order valence-electron chi connectivity index (χ2n) is 4.39. The molecule has 2 saturated heterocycles. The highest BCUT2D eigenvalue weighted by Crippen LogP contribution is 2.10. The van der Waals surface area contributed by atoms with Crippen molar-refractivity contribution in [2.24, 2.45) is 0 Å². The van der Waals surface area contributed by atoms with E-state index in [1.54, 1.807) is 0 Å². The zero-order chi connectivity index (χ0) is 11.1. The number of piperidine rings is 1. The van der Waals surface area contributed by atoms with E-state index in [1.165, 1.54) is 0 Å². The van der Waals surface area contributed by atoms with Gasteiger partial charge in [-0.15, -0.1) is 0 Å². The second-order valence-corrected chi connectivity index (χ2v) is 4.39. The number of likely N-dealkylation sites (tertiary alicyclic amines) is 1. The molecular formula is C11H23FN2O. The molecule has 3 nitrogen and oxygen atoms in total. The van der Waals surface area contributed by atoms with Crippen molar-refractivity contribution < 1.29 is 9.13 Å². The predicted molar refractivity (Wildman–Crippen MR) is 59.9 cm³/mol. The van der Waals surface area contributed by atoms with Gasteiger partial charge < -0.3 is 14.5 Å².